The van der Waals surface area contributed by atoms with Crippen LogP contribution in [0.5, 0.6) is 0 Å². The lowest BCUT2D eigenvalue weighted by atomic mass is 10.1. The van der Waals surface area contributed by atoms with Gasteiger partial charge in [0.15, 0.2) is 0 Å². The van der Waals surface area contributed by atoms with Crippen LogP contribution in [0, 0.1) is 17.0 Å². The molecular formula is C20H19ClN2O7S. The van der Waals surface area contributed by atoms with Gasteiger partial charge in [-0.25, -0.2) is 13.2 Å². The largest absolute Gasteiger partial charge is 0.462 e. The Hall–Kier alpha value is -3.11. The van der Waals surface area contributed by atoms with Gasteiger partial charge in [0, 0.05) is 17.1 Å². The number of sulfonamides is 1. The lowest BCUT2D eigenvalue weighted by Gasteiger charge is -2.09. The number of carbonyl (C=O) groups is 1. The Balaban J connectivity index is 1.95. The third-order valence-corrected chi connectivity index (χ3v) is 6.17. The minimum atomic E-state index is -4.16. The van der Waals surface area contributed by atoms with Crippen molar-refractivity contribution in [1.29, 1.82) is 0 Å². The molecule has 0 aliphatic carbocycles. The summed E-state index contributed by atoms with van der Waals surface area (Å²) in [5.41, 5.74) is 0.232. The maximum absolute atomic E-state index is 12.7. The summed E-state index contributed by atoms with van der Waals surface area (Å²) in [5, 5.41) is 11.3. The lowest BCUT2D eigenvalue weighted by molar-refractivity contribution is -0.384. The number of benzene rings is 2. The highest BCUT2D eigenvalue weighted by Crippen LogP contribution is 2.31. The van der Waals surface area contributed by atoms with Gasteiger partial charge in [-0.05, 0) is 43.7 Å². The molecule has 0 fully saturated rings. The van der Waals surface area contributed by atoms with Gasteiger partial charge in [-0.15, -0.1) is 0 Å². The molecule has 0 aliphatic heterocycles. The van der Waals surface area contributed by atoms with E-state index in [0.29, 0.717) is 16.7 Å². The zero-order valence-electron chi connectivity index (χ0n) is 16.7. The molecule has 9 nitrogen and oxygen atoms in total. The molecular weight excluding hydrogens is 448 g/mol. The smallest absolute Gasteiger partial charge is 0.342 e. The molecule has 1 heterocycles. The van der Waals surface area contributed by atoms with Crippen molar-refractivity contribution >= 4 is 49.9 Å². The molecule has 0 atom stereocenters. The third kappa shape index (κ3) is 4.80. The van der Waals surface area contributed by atoms with Crippen molar-refractivity contribution in [3.05, 3.63) is 62.9 Å². The number of nitro groups is 1. The first-order chi connectivity index (χ1) is 14.6. The lowest BCUT2D eigenvalue weighted by Crippen LogP contribution is -2.13. The van der Waals surface area contributed by atoms with E-state index < -0.39 is 26.6 Å². The number of halogens is 1. The van der Waals surface area contributed by atoms with Gasteiger partial charge in [-0.2, -0.15) is 0 Å². The molecule has 0 spiro atoms. The Morgan fingerprint density at radius 2 is 2.00 bits per heavy atom. The van der Waals surface area contributed by atoms with Crippen LogP contribution in [-0.4, -0.2) is 25.9 Å². The predicted octanol–water partition coefficient (Wildman–Crippen LogP) is 5.06. The first kappa shape index (κ1) is 22.6. The Bertz CT molecular complexity index is 1270. The summed E-state index contributed by atoms with van der Waals surface area (Å²) < 4.78 is 38.7. The number of hydrogen-bond acceptors (Lipinski definition) is 7. The van der Waals surface area contributed by atoms with Gasteiger partial charge in [0.05, 0.1) is 16.4 Å². The highest BCUT2D eigenvalue weighted by molar-refractivity contribution is 7.92. The first-order valence-electron chi connectivity index (χ1n) is 9.31. The second-order valence-electron chi connectivity index (χ2n) is 6.71. The molecule has 3 aromatic rings. The van der Waals surface area contributed by atoms with Crippen molar-refractivity contribution in [2.24, 2.45) is 0 Å². The molecule has 31 heavy (non-hydrogen) atoms. The Morgan fingerprint density at radius 3 is 2.68 bits per heavy atom. The van der Waals surface area contributed by atoms with Crippen LogP contribution in [0.3, 0.4) is 0 Å². The summed E-state index contributed by atoms with van der Waals surface area (Å²) in [6.45, 7) is 3.86. The highest BCUT2D eigenvalue weighted by atomic mass is 35.5. The first-order valence-corrected chi connectivity index (χ1v) is 11.2. The number of nitrogens with zero attached hydrogens (tertiary/aromatic N) is 1. The van der Waals surface area contributed by atoms with E-state index in [2.05, 4.69) is 4.72 Å². The number of carbonyl (C=O) groups excluding carboxylic acids is 1. The summed E-state index contributed by atoms with van der Waals surface area (Å²) in [7, 11) is -4.16. The van der Waals surface area contributed by atoms with Gasteiger partial charge in [-0.1, -0.05) is 24.9 Å². The molecule has 1 N–H and O–H groups in total. The summed E-state index contributed by atoms with van der Waals surface area (Å²) in [6.07, 6.45) is 1.59. The van der Waals surface area contributed by atoms with E-state index in [-0.39, 0.29) is 27.8 Å². The summed E-state index contributed by atoms with van der Waals surface area (Å²) in [5.74, 6) is -0.206. The fraction of sp³-hybridized carbons (Fsp3) is 0.250. The molecule has 0 bridgehead atoms. The molecule has 0 unspecified atom stereocenters. The average Bonchev–Trinajstić information content (AvgIpc) is 3.02. The van der Waals surface area contributed by atoms with Gasteiger partial charge in [0.1, 0.15) is 21.9 Å². The number of rotatable bonds is 8. The molecule has 164 valence electrons. The SMILES string of the molecule is CCCCOC(=O)c1c(C)oc2ccc(NS(=O)(=O)c3ccc(Cl)c([N+](=O)[O-])c3)cc12. The number of nitro benzene ring substituents is 1. The molecule has 11 heteroatoms. The number of anilines is 1. The van der Waals surface area contributed by atoms with E-state index in [4.69, 9.17) is 20.8 Å². The van der Waals surface area contributed by atoms with Gasteiger partial charge < -0.3 is 9.15 Å². The van der Waals surface area contributed by atoms with Gasteiger partial charge >= 0.3 is 5.97 Å². The van der Waals surface area contributed by atoms with Crippen molar-refractivity contribution in [3.63, 3.8) is 0 Å². The summed E-state index contributed by atoms with van der Waals surface area (Å²) >= 11 is 5.75. The van der Waals surface area contributed by atoms with E-state index in [1.165, 1.54) is 18.2 Å². The number of furan rings is 1. The van der Waals surface area contributed by atoms with Crippen LogP contribution in [0.15, 0.2) is 45.7 Å². The Labute approximate surface area is 183 Å². The van der Waals surface area contributed by atoms with Crippen LogP contribution >= 0.6 is 11.6 Å². The molecule has 0 radical (unpaired) electrons. The third-order valence-electron chi connectivity index (χ3n) is 4.48. The summed E-state index contributed by atoms with van der Waals surface area (Å²) in [4.78, 5) is 22.4. The Kier molecular flexibility index (Phi) is 6.51. The van der Waals surface area contributed by atoms with Crippen molar-refractivity contribution in [2.75, 3.05) is 11.3 Å². The maximum Gasteiger partial charge on any atom is 0.342 e. The quantitative estimate of drug-likeness (QED) is 0.212. The van der Waals surface area contributed by atoms with E-state index in [9.17, 15) is 23.3 Å². The predicted molar refractivity (Wildman–Crippen MR) is 115 cm³/mol. The van der Waals surface area contributed by atoms with Crippen LogP contribution in [-0.2, 0) is 14.8 Å². The molecule has 0 saturated heterocycles. The fourth-order valence-corrected chi connectivity index (χ4v) is 4.19. The molecule has 0 amide bonds. The molecule has 3 rings (SSSR count). The van der Waals surface area contributed by atoms with E-state index in [1.807, 2.05) is 6.92 Å². The number of hydrogen-bond donors (Lipinski definition) is 1. The van der Waals surface area contributed by atoms with Crippen LogP contribution in [0.25, 0.3) is 11.0 Å². The molecule has 1 aromatic heterocycles. The van der Waals surface area contributed by atoms with Gasteiger partial charge in [0.2, 0.25) is 0 Å². The Morgan fingerprint density at radius 1 is 1.26 bits per heavy atom. The number of fused-ring (bicyclic) bond motifs is 1. The highest BCUT2D eigenvalue weighted by Gasteiger charge is 2.23. The molecule has 0 aliphatic rings. The molecule has 2 aromatic carbocycles. The maximum atomic E-state index is 12.7. The van der Waals surface area contributed by atoms with Crippen molar-refractivity contribution in [2.45, 2.75) is 31.6 Å². The fourth-order valence-electron chi connectivity index (χ4n) is 2.93. The number of ether oxygens (including phenoxy) is 1. The van der Waals surface area contributed by atoms with E-state index in [1.54, 1.807) is 6.92 Å². The normalized spacial score (nSPS) is 11.5. The van der Waals surface area contributed by atoms with Crippen molar-refractivity contribution < 1.29 is 27.3 Å². The average molecular weight is 467 g/mol. The zero-order valence-corrected chi connectivity index (χ0v) is 18.2. The van der Waals surface area contributed by atoms with Crippen LogP contribution in [0.4, 0.5) is 11.4 Å². The van der Waals surface area contributed by atoms with Gasteiger partial charge in [0.25, 0.3) is 15.7 Å². The summed E-state index contributed by atoms with van der Waals surface area (Å²) in [6, 6.07) is 7.61. The minimum absolute atomic E-state index is 0.147. The van der Waals surface area contributed by atoms with E-state index >= 15 is 0 Å². The molecule has 0 saturated carbocycles. The van der Waals surface area contributed by atoms with Crippen molar-refractivity contribution in [1.82, 2.24) is 0 Å². The number of unbranched alkanes of at least 4 members (excludes halogenated alkanes) is 1. The minimum Gasteiger partial charge on any atom is -0.462 e. The van der Waals surface area contributed by atoms with Crippen LogP contribution in [0.1, 0.15) is 35.9 Å². The number of nitrogens with one attached hydrogen (secondary N) is 1. The topological polar surface area (TPSA) is 129 Å². The second-order valence-corrected chi connectivity index (χ2v) is 8.80. The van der Waals surface area contributed by atoms with Gasteiger partial charge in [-0.3, -0.25) is 14.8 Å². The van der Waals surface area contributed by atoms with Crippen molar-refractivity contribution in [3.8, 4) is 0 Å². The van der Waals surface area contributed by atoms with E-state index in [0.717, 1.165) is 31.0 Å². The number of esters is 1. The van der Waals surface area contributed by atoms with Crippen LogP contribution < -0.4 is 4.72 Å². The number of aryl methyl sites for hydroxylation is 1. The zero-order chi connectivity index (χ0) is 22.8. The monoisotopic (exact) mass is 466 g/mol. The van der Waals surface area contributed by atoms with Crippen LogP contribution in [0.2, 0.25) is 5.02 Å². The second kappa shape index (κ2) is 8.94. The standard InChI is InChI=1S/C20H19ClN2O7S/c1-3-4-9-29-20(24)19-12(2)30-18-8-5-13(10-15(18)19)22-31(27,28)14-6-7-16(21)17(11-14)23(25)26/h5-8,10-11,22H,3-4,9H2,1-2H3.